The predicted octanol–water partition coefficient (Wildman–Crippen LogP) is 2.07. The summed E-state index contributed by atoms with van der Waals surface area (Å²) >= 11 is 4.08. The molecule has 0 atom stereocenters. The van der Waals surface area contributed by atoms with Crippen molar-refractivity contribution in [1.29, 1.82) is 0 Å². The van der Waals surface area contributed by atoms with Gasteiger partial charge in [-0.3, -0.25) is 0 Å². The fraction of sp³-hybridized carbons (Fsp3) is 0. The summed E-state index contributed by atoms with van der Waals surface area (Å²) in [6, 6.07) is 6.88. The fourth-order valence-electron chi connectivity index (χ4n) is 0.817. The number of hydrogen-bond acceptors (Lipinski definition) is 2. The molecule has 1 aromatic carbocycles. The zero-order valence-electron chi connectivity index (χ0n) is 6.32. The maximum atomic E-state index is 10.5. The molecule has 0 unspecified atom stereocenters. The van der Waals surface area contributed by atoms with E-state index in [1.54, 1.807) is 24.3 Å². The number of carbonyl (C=O) groups is 1. The average Bonchev–Trinajstić information content (AvgIpc) is 2.03. The highest BCUT2D eigenvalue weighted by Gasteiger charge is 2.05. The first-order valence-electron chi connectivity index (χ1n) is 3.33. The molecule has 0 saturated heterocycles. The lowest BCUT2D eigenvalue weighted by molar-refractivity contribution is -0.130. The summed E-state index contributed by atoms with van der Waals surface area (Å²) in [7, 11) is 0. The molecule has 0 fully saturated rings. The molecular weight excluding hydrogens is 172 g/mol. The maximum absolute atomic E-state index is 10.5. The maximum Gasteiger partial charge on any atom is 0.335 e. The lowest BCUT2D eigenvalue weighted by Crippen LogP contribution is -1.97. The second-order valence-electron chi connectivity index (χ2n) is 2.33. The smallest absolute Gasteiger partial charge is 0.335 e. The molecule has 0 aliphatic rings. The van der Waals surface area contributed by atoms with Gasteiger partial charge >= 0.3 is 5.97 Å². The molecular formula is C9H8O2S. The van der Waals surface area contributed by atoms with E-state index < -0.39 is 5.97 Å². The second-order valence-corrected chi connectivity index (χ2v) is 2.85. The zero-order valence-corrected chi connectivity index (χ0v) is 7.21. The van der Waals surface area contributed by atoms with Gasteiger partial charge in [0.2, 0.25) is 0 Å². The van der Waals surface area contributed by atoms with E-state index in [9.17, 15) is 4.79 Å². The van der Waals surface area contributed by atoms with Crippen LogP contribution in [0.5, 0.6) is 0 Å². The molecule has 3 heteroatoms. The van der Waals surface area contributed by atoms with Crippen molar-refractivity contribution < 1.29 is 9.90 Å². The van der Waals surface area contributed by atoms with Crippen LogP contribution in [-0.2, 0) is 4.79 Å². The minimum Gasteiger partial charge on any atom is -0.478 e. The molecule has 2 nitrogen and oxygen atoms in total. The molecule has 0 amide bonds. The van der Waals surface area contributed by atoms with E-state index in [0.717, 1.165) is 4.90 Å². The quantitative estimate of drug-likeness (QED) is 0.540. The van der Waals surface area contributed by atoms with E-state index >= 15 is 0 Å². The summed E-state index contributed by atoms with van der Waals surface area (Å²) in [6.07, 6.45) is 0. The first-order chi connectivity index (χ1) is 5.61. The Labute approximate surface area is 75.9 Å². The van der Waals surface area contributed by atoms with Crippen molar-refractivity contribution in [2.75, 3.05) is 0 Å². The van der Waals surface area contributed by atoms with E-state index in [4.69, 9.17) is 5.11 Å². The third-order valence-corrected chi connectivity index (χ3v) is 1.73. The minimum absolute atomic E-state index is 0.0888. The van der Waals surface area contributed by atoms with Crippen LogP contribution in [0, 0.1) is 0 Å². The van der Waals surface area contributed by atoms with E-state index in [1.165, 1.54) is 0 Å². The summed E-state index contributed by atoms with van der Waals surface area (Å²) in [6.45, 7) is 3.43. The van der Waals surface area contributed by atoms with Crippen molar-refractivity contribution >= 4 is 24.2 Å². The highest BCUT2D eigenvalue weighted by atomic mass is 32.1. The van der Waals surface area contributed by atoms with Crippen LogP contribution in [0.2, 0.25) is 0 Å². The van der Waals surface area contributed by atoms with Crippen molar-refractivity contribution in [1.82, 2.24) is 0 Å². The number of hydrogen-bond donors (Lipinski definition) is 2. The molecule has 0 saturated carbocycles. The zero-order chi connectivity index (χ0) is 9.14. The van der Waals surface area contributed by atoms with E-state index in [2.05, 4.69) is 19.2 Å². The number of carboxylic acids is 1. The molecule has 0 spiro atoms. The van der Waals surface area contributed by atoms with Gasteiger partial charge in [0.1, 0.15) is 0 Å². The van der Waals surface area contributed by atoms with E-state index in [0.29, 0.717) is 5.56 Å². The summed E-state index contributed by atoms with van der Waals surface area (Å²) < 4.78 is 0. The Hall–Kier alpha value is -1.22. The average molecular weight is 180 g/mol. The van der Waals surface area contributed by atoms with Crippen molar-refractivity contribution in [2.24, 2.45) is 0 Å². The van der Waals surface area contributed by atoms with Crippen LogP contribution in [0.3, 0.4) is 0 Å². The number of carboxylic acid groups (broad SMARTS) is 1. The third kappa shape index (κ3) is 1.89. The molecule has 0 aromatic heterocycles. The van der Waals surface area contributed by atoms with Gasteiger partial charge in [0.15, 0.2) is 0 Å². The lowest BCUT2D eigenvalue weighted by Gasteiger charge is -2.00. The Bertz CT molecular complexity index is 331. The van der Waals surface area contributed by atoms with Crippen molar-refractivity contribution in [3.63, 3.8) is 0 Å². The molecule has 0 radical (unpaired) electrons. The van der Waals surface area contributed by atoms with Gasteiger partial charge in [-0.2, -0.15) is 0 Å². The molecule has 1 aromatic rings. The monoisotopic (exact) mass is 180 g/mol. The highest BCUT2D eigenvalue weighted by molar-refractivity contribution is 7.80. The third-order valence-electron chi connectivity index (χ3n) is 1.45. The molecule has 1 rings (SSSR count). The number of thiol groups is 1. The lowest BCUT2D eigenvalue weighted by atomic mass is 10.1. The summed E-state index contributed by atoms with van der Waals surface area (Å²) in [5.74, 6) is -1.01. The molecule has 0 bridgehead atoms. The van der Waals surface area contributed by atoms with Crippen LogP contribution in [0.1, 0.15) is 5.56 Å². The molecule has 12 heavy (non-hydrogen) atoms. The van der Waals surface area contributed by atoms with Crippen molar-refractivity contribution in [3.05, 3.63) is 36.4 Å². The minimum atomic E-state index is -1.01. The fourth-order valence-corrected chi connectivity index (χ4v) is 1.04. The Morgan fingerprint density at radius 3 is 2.67 bits per heavy atom. The number of rotatable bonds is 2. The first-order valence-corrected chi connectivity index (χ1v) is 3.77. The Morgan fingerprint density at radius 1 is 1.50 bits per heavy atom. The van der Waals surface area contributed by atoms with E-state index in [1.807, 2.05) is 0 Å². The van der Waals surface area contributed by atoms with Gasteiger partial charge in [0.25, 0.3) is 0 Å². The van der Waals surface area contributed by atoms with Gasteiger partial charge in [-0.05, 0) is 17.7 Å². The van der Waals surface area contributed by atoms with Crippen LogP contribution in [0.4, 0.5) is 0 Å². The van der Waals surface area contributed by atoms with Crippen molar-refractivity contribution in [2.45, 2.75) is 4.90 Å². The van der Waals surface area contributed by atoms with Crippen LogP contribution in [0.15, 0.2) is 35.7 Å². The predicted molar refractivity (Wildman–Crippen MR) is 50.4 cm³/mol. The first kappa shape index (κ1) is 8.87. The van der Waals surface area contributed by atoms with Gasteiger partial charge in [-0.15, -0.1) is 12.6 Å². The largest absolute Gasteiger partial charge is 0.478 e. The summed E-state index contributed by atoms with van der Waals surface area (Å²) in [4.78, 5) is 11.2. The molecule has 0 aliphatic carbocycles. The van der Waals surface area contributed by atoms with Gasteiger partial charge in [-0.1, -0.05) is 18.7 Å². The van der Waals surface area contributed by atoms with E-state index in [-0.39, 0.29) is 5.57 Å². The SMILES string of the molecule is C=C(C(=O)O)c1cccc(S)c1. The topological polar surface area (TPSA) is 37.3 Å². The Kier molecular flexibility index (Phi) is 2.55. The Balaban J connectivity index is 3.04. The summed E-state index contributed by atoms with van der Waals surface area (Å²) in [5.41, 5.74) is 0.681. The van der Waals surface area contributed by atoms with Crippen molar-refractivity contribution in [3.8, 4) is 0 Å². The molecule has 0 aliphatic heterocycles. The van der Waals surface area contributed by atoms with Crippen LogP contribution in [0.25, 0.3) is 5.57 Å². The van der Waals surface area contributed by atoms with Gasteiger partial charge in [0.05, 0.1) is 5.57 Å². The number of aliphatic carboxylic acids is 1. The van der Waals surface area contributed by atoms with Crippen LogP contribution in [-0.4, -0.2) is 11.1 Å². The molecule has 0 heterocycles. The van der Waals surface area contributed by atoms with Gasteiger partial charge < -0.3 is 5.11 Å². The van der Waals surface area contributed by atoms with Crippen LogP contribution < -0.4 is 0 Å². The molecule has 1 N–H and O–H groups in total. The normalized spacial score (nSPS) is 9.42. The standard InChI is InChI=1S/C9H8O2S/c1-6(9(10)11)7-3-2-4-8(12)5-7/h2-5,12H,1H2,(H,10,11). The number of benzene rings is 1. The van der Waals surface area contributed by atoms with Gasteiger partial charge in [-0.25, -0.2) is 4.79 Å². The molecule has 62 valence electrons. The summed E-state index contributed by atoms with van der Waals surface area (Å²) in [5, 5.41) is 8.60. The van der Waals surface area contributed by atoms with Gasteiger partial charge in [0, 0.05) is 4.90 Å². The Morgan fingerprint density at radius 2 is 2.17 bits per heavy atom. The second kappa shape index (κ2) is 3.45. The highest BCUT2D eigenvalue weighted by Crippen LogP contribution is 2.15. The van der Waals surface area contributed by atoms with Crippen LogP contribution >= 0.6 is 12.6 Å².